The minimum absolute atomic E-state index is 0.268. The number of amides is 2. The van der Waals surface area contributed by atoms with E-state index in [0.717, 1.165) is 5.69 Å². The van der Waals surface area contributed by atoms with Crippen LogP contribution in [0.1, 0.15) is 31.7 Å². The average molecular weight is 280 g/mol. The van der Waals surface area contributed by atoms with Crippen molar-refractivity contribution in [1.29, 1.82) is 0 Å². The molecule has 0 aromatic heterocycles. The summed E-state index contributed by atoms with van der Waals surface area (Å²) in [5, 5.41) is 14.9. The van der Waals surface area contributed by atoms with Crippen molar-refractivity contribution in [3.63, 3.8) is 0 Å². The summed E-state index contributed by atoms with van der Waals surface area (Å²) >= 11 is 0. The predicted octanol–water partition coefficient (Wildman–Crippen LogP) is 2.33. The van der Waals surface area contributed by atoms with Crippen molar-refractivity contribution in [2.24, 2.45) is 0 Å². The molecule has 2 amide bonds. The highest BCUT2D eigenvalue weighted by Gasteiger charge is 2.06. The molecule has 5 heteroatoms. The Kier molecular flexibility index (Phi) is 7.04. The summed E-state index contributed by atoms with van der Waals surface area (Å²) in [4.78, 5) is 11.7. The summed E-state index contributed by atoms with van der Waals surface area (Å²) in [6, 6.07) is 7.51. The number of urea groups is 1. The first-order valence-electron chi connectivity index (χ1n) is 6.84. The Bertz CT molecular complexity index is 421. The van der Waals surface area contributed by atoms with Gasteiger partial charge >= 0.3 is 6.03 Å². The molecule has 3 N–H and O–H groups in total. The van der Waals surface area contributed by atoms with Crippen molar-refractivity contribution in [1.82, 2.24) is 5.32 Å². The number of anilines is 1. The molecule has 0 spiro atoms. The van der Waals surface area contributed by atoms with Gasteiger partial charge in [-0.3, -0.25) is 0 Å². The van der Waals surface area contributed by atoms with E-state index < -0.39 is 6.10 Å². The minimum atomic E-state index is -0.551. The SMILES string of the molecule is COCC(O)CCNC(=O)Nc1cccc(C(C)C)c1. The maximum atomic E-state index is 11.7. The number of methoxy groups -OCH3 is 1. The molecule has 1 rings (SSSR count). The van der Waals surface area contributed by atoms with Crippen LogP contribution >= 0.6 is 0 Å². The summed E-state index contributed by atoms with van der Waals surface area (Å²) in [5.74, 6) is 0.420. The van der Waals surface area contributed by atoms with Gasteiger partial charge in [0.15, 0.2) is 0 Å². The van der Waals surface area contributed by atoms with Crippen LogP contribution in [0.4, 0.5) is 10.5 Å². The molecule has 0 saturated carbocycles. The number of aliphatic hydroxyl groups excluding tert-OH is 1. The van der Waals surface area contributed by atoms with E-state index >= 15 is 0 Å². The van der Waals surface area contributed by atoms with Crippen molar-refractivity contribution in [3.8, 4) is 0 Å². The van der Waals surface area contributed by atoms with Crippen LogP contribution in [0.3, 0.4) is 0 Å². The predicted molar refractivity (Wildman–Crippen MR) is 80.1 cm³/mol. The van der Waals surface area contributed by atoms with Crippen LogP contribution in [0, 0.1) is 0 Å². The standard InChI is InChI=1S/C15H24N2O3/c1-11(2)12-5-4-6-13(9-12)17-15(19)16-8-7-14(18)10-20-3/h4-6,9,11,14,18H,7-8,10H2,1-3H3,(H2,16,17,19). The first-order valence-corrected chi connectivity index (χ1v) is 6.84. The number of hydrogen-bond acceptors (Lipinski definition) is 3. The van der Waals surface area contributed by atoms with Gasteiger partial charge in [0.05, 0.1) is 12.7 Å². The Balaban J connectivity index is 2.37. The summed E-state index contributed by atoms with van der Waals surface area (Å²) in [6.45, 7) is 4.90. The van der Waals surface area contributed by atoms with Crippen molar-refractivity contribution < 1.29 is 14.6 Å². The quantitative estimate of drug-likeness (QED) is 0.718. The van der Waals surface area contributed by atoms with Gasteiger partial charge in [0.1, 0.15) is 0 Å². The summed E-state index contributed by atoms with van der Waals surface area (Å²) in [6.07, 6.45) is -0.0858. The fraction of sp³-hybridized carbons (Fsp3) is 0.533. The maximum absolute atomic E-state index is 11.7. The lowest BCUT2D eigenvalue weighted by Crippen LogP contribution is -2.32. The highest BCUT2D eigenvalue weighted by molar-refractivity contribution is 5.89. The molecule has 5 nitrogen and oxygen atoms in total. The average Bonchev–Trinajstić information content (AvgIpc) is 2.39. The minimum Gasteiger partial charge on any atom is -0.391 e. The second-order valence-corrected chi connectivity index (χ2v) is 5.06. The van der Waals surface area contributed by atoms with Gasteiger partial charge in [-0.2, -0.15) is 0 Å². The largest absolute Gasteiger partial charge is 0.391 e. The highest BCUT2D eigenvalue weighted by Crippen LogP contribution is 2.18. The first kappa shape index (κ1) is 16.5. The molecule has 0 bridgehead atoms. The zero-order valence-corrected chi connectivity index (χ0v) is 12.3. The maximum Gasteiger partial charge on any atom is 0.319 e. The number of hydrogen-bond donors (Lipinski definition) is 3. The number of rotatable bonds is 7. The number of benzene rings is 1. The van der Waals surface area contributed by atoms with Gasteiger partial charge in [0.25, 0.3) is 0 Å². The Labute approximate surface area is 120 Å². The van der Waals surface area contributed by atoms with Crippen LogP contribution in [0.5, 0.6) is 0 Å². The Morgan fingerprint density at radius 1 is 1.40 bits per heavy atom. The molecular formula is C15H24N2O3. The second-order valence-electron chi connectivity index (χ2n) is 5.06. The molecule has 112 valence electrons. The van der Waals surface area contributed by atoms with Crippen LogP contribution in [-0.2, 0) is 4.74 Å². The van der Waals surface area contributed by atoms with Gasteiger partial charge in [0, 0.05) is 19.3 Å². The molecule has 1 atom stereocenters. The first-order chi connectivity index (χ1) is 9.52. The number of aliphatic hydroxyl groups is 1. The molecule has 1 unspecified atom stereocenters. The topological polar surface area (TPSA) is 70.6 Å². The van der Waals surface area contributed by atoms with E-state index in [0.29, 0.717) is 18.9 Å². The molecule has 0 radical (unpaired) electrons. The summed E-state index contributed by atoms with van der Waals surface area (Å²) in [7, 11) is 1.53. The molecule has 1 aromatic rings. The molecule has 0 aliphatic rings. The highest BCUT2D eigenvalue weighted by atomic mass is 16.5. The molecular weight excluding hydrogens is 256 g/mol. The van der Waals surface area contributed by atoms with Gasteiger partial charge in [-0.15, -0.1) is 0 Å². The van der Waals surface area contributed by atoms with E-state index in [1.165, 1.54) is 12.7 Å². The lowest BCUT2D eigenvalue weighted by atomic mass is 10.0. The van der Waals surface area contributed by atoms with Crippen LogP contribution in [0.15, 0.2) is 24.3 Å². The second kappa shape index (κ2) is 8.55. The Hall–Kier alpha value is -1.59. The van der Waals surface area contributed by atoms with Crippen molar-refractivity contribution in [2.45, 2.75) is 32.3 Å². The van der Waals surface area contributed by atoms with Gasteiger partial charge in [-0.25, -0.2) is 4.79 Å². The van der Waals surface area contributed by atoms with Crippen molar-refractivity contribution in [2.75, 3.05) is 25.6 Å². The van der Waals surface area contributed by atoms with Crippen LogP contribution < -0.4 is 10.6 Å². The van der Waals surface area contributed by atoms with Crippen molar-refractivity contribution >= 4 is 11.7 Å². The molecule has 0 aliphatic heterocycles. The Morgan fingerprint density at radius 2 is 2.15 bits per heavy atom. The van der Waals surface area contributed by atoms with Gasteiger partial charge in [0.2, 0.25) is 0 Å². The number of carbonyl (C=O) groups excluding carboxylic acids is 1. The van der Waals surface area contributed by atoms with Crippen LogP contribution in [0.2, 0.25) is 0 Å². The zero-order chi connectivity index (χ0) is 15.0. The van der Waals surface area contributed by atoms with Crippen LogP contribution in [0.25, 0.3) is 0 Å². The molecule has 20 heavy (non-hydrogen) atoms. The third-order valence-corrected chi connectivity index (χ3v) is 2.93. The van der Waals surface area contributed by atoms with Gasteiger partial charge in [-0.05, 0) is 30.0 Å². The number of ether oxygens (including phenoxy) is 1. The number of nitrogens with one attached hydrogen (secondary N) is 2. The fourth-order valence-electron chi connectivity index (χ4n) is 1.78. The van der Waals surface area contributed by atoms with E-state index in [1.807, 2.05) is 24.3 Å². The smallest absolute Gasteiger partial charge is 0.319 e. The van der Waals surface area contributed by atoms with E-state index in [1.54, 1.807) is 0 Å². The molecule has 0 heterocycles. The van der Waals surface area contributed by atoms with E-state index in [4.69, 9.17) is 4.74 Å². The van der Waals surface area contributed by atoms with E-state index in [2.05, 4.69) is 24.5 Å². The molecule has 0 aliphatic carbocycles. The molecule has 0 saturated heterocycles. The Morgan fingerprint density at radius 3 is 2.80 bits per heavy atom. The summed E-state index contributed by atoms with van der Waals surface area (Å²) in [5.41, 5.74) is 1.95. The normalized spacial score (nSPS) is 12.2. The van der Waals surface area contributed by atoms with Gasteiger partial charge in [-0.1, -0.05) is 26.0 Å². The molecule has 1 aromatic carbocycles. The third-order valence-electron chi connectivity index (χ3n) is 2.93. The van der Waals surface area contributed by atoms with Gasteiger partial charge < -0.3 is 20.5 Å². The fourth-order valence-corrected chi connectivity index (χ4v) is 1.78. The van der Waals surface area contributed by atoms with Crippen LogP contribution in [-0.4, -0.2) is 37.5 Å². The summed E-state index contributed by atoms with van der Waals surface area (Å²) < 4.78 is 4.81. The lowest BCUT2D eigenvalue weighted by Gasteiger charge is -2.12. The van der Waals surface area contributed by atoms with E-state index in [-0.39, 0.29) is 12.6 Å². The monoisotopic (exact) mass is 280 g/mol. The zero-order valence-electron chi connectivity index (χ0n) is 12.3. The van der Waals surface area contributed by atoms with E-state index in [9.17, 15) is 9.90 Å². The number of carbonyl (C=O) groups is 1. The van der Waals surface area contributed by atoms with Crippen molar-refractivity contribution in [3.05, 3.63) is 29.8 Å². The molecule has 0 fully saturated rings. The lowest BCUT2D eigenvalue weighted by molar-refractivity contribution is 0.0599. The third kappa shape index (κ3) is 6.04.